The average molecular weight is 244 g/mol. The monoisotopic (exact) mass is 244 g/mol. The fourth-order valence-electron chi connectivity index (χ4n) is 2.92. The van der Waals surface area contributed by atoms with Crippen molar-refractivity contribution in [3.05, 3.63) is 30.3 Å². The third-order valence-electron chi connectivity index (χ3n) is 4.18. The van der Waals surface area contributed by atoms with Crippen molar-refractivity contribution < 1.29 is 0 Å². The molecule has 2 heteroatoms. The maximum atomic E-state index is 3.68. The Labute approximate surface area is 110 Å². The SMILES string of the molecule is c1ccc(N[C@@H]2CCCN(CC3CC3)CC2)cc1. The lowest BCUT2D eigenvalue weighted by molar-refractivity contribution is 0.273. The minimum absolute atomic E-state index is 0.664. The van der Waals surface area contributed by atoms with Crippen LogP contribution in [0.4, 0.5) is 5.69 Å². The van der Waals surface area contributed by atoms with E-state index in [9.17, 15) is 0 Å². The standard InChI is InChI=1S/C16H24N2/c1-2-5-15(6-3-1)17-16-7-4-11-18(12-10-16)13-14-8-9-14/h1-3,5-6,14,16-17H,4,7-13H2/t16-/m1/s1. The highest BCUT2D eigenvalue weighted by molar-refractivity contribution is 5.43. The summed E-state index contributed by atoms with van der Waals surface area (Å²) in [6.45, 7) is 3.95. The lowest BCUT2D eigenvalue weighted by Gasteiger charge is -2.20. The third-order valence-corrected chi connectivity index (χ3v) is 4.18. The van der Waals surface area contributed by atoms with E-state index in [0.717, 1.165) is 5.92 Å². The van der Waals surface area contributed by atoms with Crippen molar-refractivity contribution in [3.63, 3.8) is 0 Å². The molecule has 1 saturated carbocycles. The summed E-state index contributed by atoms with van der Waals surface area (Å²) in [7, 11) is 0. The van der Waals surface area contributed by atoms with Crippen molar-refractivity contribution in [2.24, 2.45) is 5.92 Å². The Morgan fingerprint density at radius 1 is 1.00 bits per heavy atom. The molecule has 18 heavy (non-hydrogen) atoms. The molecule has 1 N–H and O–H groups in total. The van der Waals surface area contributed by atoms with Gasteiger partial charge in [-0.1, -0.05) is 18.2 Å². The van der Waals surface area contributed by atoms with E-state index in [4.69, 9.17) is 0 Å². The summed E-state index contributed by atoms with van der Waals surface area (Å²) in [4.78, 5) is 2.68. The van der Waals surface area contributed by atoms with Crippen LogP contribution in [0.15, 0.2) is 30.3 Å². The van der Waals surface area contributed by atoms with Crippen molar-refractivity contribution >= 4 is 5.69 Å². The van der Waals surface area contributed by atoms with E-state index in [0.29, 0.717) is 6.04 Å². The van der Waals surface area contributed by atoms with Gasteiger partial charge in [0.15, 0.2) is 0 Å². The zero-order chi connectivity index (χ0) is 12.2. The molecule has 1 aromatic rings. The number of anilines is 1. The van der Waals surface area contributed by atoms with Crippen LogP contribution in [0.1, 0.15) is 32.1 Å². The van der Waals surface area contributed by atoms with Crippen LogP contribution in [-0.4, -0.2) is 30.6 Å². The Bertz CT molecular complexity index is 359. The highest BCUT2D eigenvalue weighted by atomic mass is 15.1. The molecule has 0 amide bonds. The lowest BCUT2D eigenvalue weighted by Crippen LogP contribution is -2.28. The predicted molar refractivity (Wildman–Crippen MR) is 76.9 cm³/mol. The molecule has 2 fully saturated rings. The Morgan fingerprint density at radius 2 is 1.83 bits per heavy atom. The van der Waals surface area contributed by atoms with Crippen LogP contribution in [0.25, 0.3) is 0 Å². The first-order valence-electron chi connectivity index (χ1n) is 7.44. The van der Waals surface area contributed by atoms with Crippen molar-refractivity contribution in [2.75, 3.05) is 25.0 Å². The molecule has 1 atom stereocenters. The van der Waals surface area contributed by atoms with Gasteiger partial charge in [0, 0.05) is 24.8 Å². The van der Waals surface area contributed by atoms with Crippen LogP contribution in [0.2, 0.25) is 0 Å². The minimum Gasteiger partial charge on any atom is -0.382 e. The van der Waals surface area contributed by atoms with Crippen molar-refractivity contribution in [3.8, 4) is 0 Å². The van der Waals surface area contributed by atoms with Crippen molar-refractivity contribution in [1.29, 1.82) is 0 Å². The van der Waals surface area contributed by atoms with E-state index in [1.165, 1.54) is 57.4 Å². The second kappa shape index (κ2) is 5.75. The summed E-state index contributed by atoms with van der Waals surface area (Å²) >= 11 is 0. The van der Waals surface area contributed by atoms with E-state index in [1.807, 2.05) is 0 Å². The predicted octanol–water partition coefficient (Wildman–Crippen LogP) is 3.36. The average Bonchev–Trinajstić information content (AvgIpc) is 3.21. The molecule has 3 rings (SSSR count). The molecule has 1 saturated heterocycles. The molecule has 98 valence electrons. The number of nitrogens with zero attached hydrogens (tertiary/aromatic N) is 1. The van der Waals surface area contributed by atoms with Gasteiger partial charge in [0.25, 0.3) is 0 Å². The van der Waals surface area contributed by atoms with Crippen molar-refractivity contribution in [1.82, 2.24) is 4.90 Å². The van der Waals surface area contributed by atoms with Gasteiger partial charge in [0.2, 0.25) is 0 Å². The number of benzene rings is 1. The second-order valence-corrected chi connectivity index (χ2v) is 5.88. The molecule has 1 aliphatic heterocycles. The quantitative estimate of drug-likeness (QED) is 0.873. The second-order valence-electron chi connectivity index (χ2n) is 5.88. The Balaban J connectivity index is 1.49. The van der Waals surface area contributed by atoms with Gasteiger partial charge < -0.3 is 10.2 Å². The Kier molecular flexibility index (Phi) is 3.84. The number of nitrogens with one attached hydrogen (secondary N) is 1. The van der Waals surface area contributed by atoms with Crippen LogP contribution < -0.4 is 5.32 Å². The summed E-state index contributed by atoms with van der Waals surface area (Å²) < 4.78 is 0. The number of hydrogen-bond donors (Lipinski definition) is 1. The molecule has 0 aromatic heterocycles. The molecule has 2 nitrogen and oxygen atoms in total. The largest absolute Gasteiger partial charge is 0.382 e. The minimum atomic E-state index is 0.664. The molecule has 0 spiro atoms. The zero-order valence-electron chi connectivity index (χ0n) is 11.1. The van der Waals surface area contributed by atoms with Crippen LogP contribution in [-0.2, 0) is 0 Å². The smallest absolute Gasteiger partial charge is 0.0342 e. The summed E-state index contributed by atoms with van der Waals surface area (Å²) in [6.07, 6.45) is 6.90. The molecular formula is C16H24N2. The van der Waals surface area contributed by atoms with Crippen LogP contribution in [0.5, 0.6) is 0 Å². The molecule has 0 bridgehead atoms. The number of hydrogen-bond acceptors (Lipinski definition) is 2. The van der Waals surface area contributed by atoms with E-state index < -0.39 is 0 Å². The first kappa shape index (κ1) is 12.0. The van der Waals surface area contributed by atoms with Gasteiger partial charge in [-0.25, -0.2) is 0 Å². The van der Waals surface area contributed by atoms with Crippen LogP contribution in [0, 0.1) is 5.92 Å². The topological polar surface area (TPSA) is 15.3 Å². The fraction of sp³-hybridized carbons (Fsp3) is 0.625. The Morgan fingerprint density at radius 3 is 2.61 bits per heavy atom. The van der Waals surface area contributed by atoms with Gasteiger partial charge in [-0.3, -0.25) is 0 Å². The Hall–Kier alpha value is -1.02. The first-order valence-corrected chi connectivity index (χ1v) is 7.44. The zero-order valence-corrected chi connectivity index (χ0v) is 11.1. The number of para-hydroxylation sites is 1. The van der Waals surface area contributed by atoms with E-state index in [2.05, 4.69) is 40.5 Å². The van der Waals surface area contributed by atoms with Gasteiger partial charge in [0.05, 0.1) is 0 Å². The summed E-state index contributed by atoms with van der Waals surface area (Å²) in [5, 5.41) is 3.68. The molecule has 0 radical (unpaired) electrons. The molecule has 1 heterocycles. The molecule has 0 unspecified atom stereocenters. The van der Waals surface area contributed by atoms with E-state index in [1.54, 1.807) is 0 Å². The maximum Gasteiger partial charge on any atom is 0.0342 e. The van der Waals surface area contributed by atoms with Gasteiger partial charge in [-0.2, -0.15) is 0 Å². The summed E-state index contributed by atoms with van der Waals surface area (Å²) in [6, 6.07) is 11.3. The van der Waals surface area contributed by atoms with Gasteiger partial charge in [-0.15, -0.1) is 0 Å². The summed E-state index contributed by atoms with van der Waals surface area (Å²) in [5.41, 5.74) is 1.28. The molecular weight excluding hydrogens is 220 g/mol. The fourth-order valence-corrected chi connectivity index (χ4v) is 2.92. The van der Waals surface area contributed by atoms with Crippen LogP contribution >= 0.6 is 0 Å². The maximum absolute atomic E-state index is 3.68. The third kappa shape index (κ3) is 3.49. The number of rotatable bonds is 4. The van der Waals surface area contributed by atoms with E-state index in [-0.39, 0.29) is 0 Å². The van der Waals surface area contributed by atoms with Gasteiger partial charge in [0.1, 0.15) is 0 Å². The molecule has 1 aromatic carbocycles. The summed E-state index contributed by atoms with van der Waals surface area (Å²) in [5.74, 6) is 1.03. The molecule has 1 aliphatic carbocycles. The highest BCUT2D eigenvalue weighted by Crippen LogP contribution is 2.30. The highest BCUT2D eigenvalue weighted by Gasteiger charge is 2.25. The van der Waals surface area contributed by atoms with Crippen molar-refractivity contribution in [2.45, 2.75) is 38.1 Å². The molecule has 2 aliphatic rings. The first-order chi connectivity index (χ1) is 8.90. The lowest BCUT2D eigenvalue weighted by atomic mass is 10.1. The van der Waals surface area contributed by atoms with Crippen LogP contribution in [0.3, 0.4) is 0 Å². The van der Waals surface area contributed by atoms with E-state index >= 15 is 0 Å². The normalized spacial score (nSPS) is 25.7. The number of likely N-dealkylation sites (tertiary alicyclic amines) is 1. The van der Waals surface area contributed by atoms with Gasteiger partial charge >= 0.3 is 0 Å². The van der Waals surface area contributed by atoms with Gasteiger partial charge in [-0.05, 0) is 56.7 Å².